The average Bonchev–Trinajstić information content (AvgIpc) is 2.83. The van der Waals surface area contributed by atoms with Crippen LogP contribution in [0.3, 0.4) is 0 Å². The van der Waals surface area contributed by atoms with Crippen LogP contribution >= 0.6 is 11.8 Å². The summed E-state index contributed by atoms with van der Waals surface area (Å²) in [6, 6.07) is 1.95. The third-order valence-corrected chi connectivity index (χ3v) is 5.08. The van der Waals surface area contributed by atoms with E-state index >= 15 is 0 Å². The summed E-state index contributed by atoms with van der Waals surface area (Å²) in [5.41, 5.74) is 4.57. The quantitative estimate of drug-likeness (QED) is 0.612. The number of aryl methyl sites for hydroxylation is 2. The van der Waals surface area contributed by atoms with Gasteiger partial charge in [0.15, 0.2) is 10.9 Å². The zero-order valence-corrected chi connectivity index (χ0v) is 14.9. The molecule has 0 saturated carbocycles. The molecule has 0 aliphatic carbocycles. The molecule has 0 saturated heterocycles. The maximum Gasteiger partial charge on any atom is 0.451 e. The SMILES string of the molecule is Cc1cc(C)c(C(=O)CSc2nnc(C(F)(F)F)n2C)c(C)c1C. The van der Waals surface area contributed by atoms with Gasteiger partial charge in [-0.25, -0.2) is 0 Å². The van der Waals surface area contributed by atoms with E-state index in [1.807, 2.05) is 33.8 Å². The number of carbonyl (C=O) groups excluding carboxylic acids is 1. The minimum absolute atomic E-state index is 0.00795. The number of aromatic nitrogens is 3. The predicted molar refractivity (Wildman–Crippen MR) is 86.4 cm³/mol. The van der Waals surface area contributed by atoms with Crippen molar-refractivity contribution in [1.29, 1.82) is 0 Å². The van der Waals surface area contributed by atoms with Gasteiger partial charge in [0.25, 0.3) is 0 Å². The number of nitrogens with zero attached hydrogens (tertiary/aromatic N) is 3. The van der Waals surface area contributed by atoms with Gasteiger partial charge in [0.05, 0.1) is 5.75 Å². The molecule has 0 aliphatic heterocycles. The molecule has 0 radical (unpaired) electrons. The molecule has 4 nitrogen and oxygen atoms in total. The number of ketones is 1. The second-order valence-electron chi connectivity index (χ2n) is 5.71. The lowest BCUT2D eigenvalue weighted by atomic mass is 9.92. The molecule has 0 atom stereocenters. The maximum atomic E-state index is 12.7. The lowest BCUT2D eigenvalue weighted by Gasteiger charge is -2.14. The summed E-state index contributed by atoms with van der Waals surface area (Å²) in [6.45, 7) is 7.68. The molecule has 0 fully saturated rings. The highest BCUT2D eigenvalue weighted by Gasteiger charge is 2.37. The van der Waals surface area contributed by atoms with Crippen LogP contribution < -0.4 is 0 Å². The average molecular weight is 357 g/mol. The van der Waals surface area contributed by atoms with E-state index in [0.717, 1.165) is 38.6 Å². The van der Waals surface area contributed by atoms with Crippen molar-refractivity contribution in [3.63, 3.8) is 0 Å². The van der Waals surface area contributed by atoms with E-state index in [9.17, 15) is 18.0 Å². The molecule has 1 aromatic heterocycles. The van der Waals surface area contributed by atoms with Crippen molar-refractivity contribution in [3.8, 4) is 0 Å². The van der Waals surface area contributed by atoms with E-state index in [4.69, 9.17) is 0 Å². The van der Waals surface area contributed by atoms with Crippen LogP contribution in [0.5, 0.6) is 0 Å². The molecule has 8 heteroatoms. The number of halogens is 3. The van der Waals surface area contributed by atoms with Crippen LogP contribution in [0.15, 0.2) is 11.2 Å². The summed E-state index contributed by atoms with van der Waals surface area (Å²) in [5, 5.41) is 6.75. The number of Topliss-reactive ketones (excluding diaryl/α,β-unsaturated/α-hetero) is 1. The Morgan fingerprint density at radius 2 is 1.75 bits per heavy atom. The van der Waals surface area contributed by atoms with Crippen molar-refractivity contribution in [2.24, 2.45) is 7.05 Å². The molecule has 0 bridgehead atoms. The first-order chi connectivity index (χ1) is 11.0. The highest BCUT2D eigenvalue weighted by molar-refractivity contribution is 7.99. The van der Waals surface area contributed by atoms with Crippen molar-refractivity contribution in [2.75, 3.05) is 5.75 Å². The minimum Gasteiger partial charge on any atom is -0.302 e. The number of carbonyl (C=O) groups is 1. The fourth-order valence-corrected chi connectivity index (χ4v) is 3.39. The van der Waals surface area contributed by atoms with Gasteiger partial charge >= 0.3 is 6.18 Å². The molecule has 2 aromatic rings. The Morgan fingerprint density at radius 3 is 2.29 bits per heavy atom. The molecule has 0 amide bonds. The molecule has 0 spiro atoms. The van der Waals surface area contributed by atoms with Gasteiger partial charge in [0.2, 0.25) is 5.82 Å². The molecule has 130 valence electrons. The number of rotatable bonds is 4. The maximum absolute atomic E-state index is 12.7. The van der Waals surface area contributed by atoms with Gasteiger partial charge in [0.1, 0.15) is 0 Å². The molecule has 1 heterocycles. The van der Waals surface area contributed by atoms with Crippen molar-refractivity contribution < 1.29 is 18.0 Å². The Bertz CT molecular complexity index is 797. The van der Waals surface area contributed by atoms with Crippen molar-refractivity contribution >= 4 is 17.5 Å². The summed E-state index contributed by atoms with van der Waals surface area (Å²) in [7, 11) is 1.24. The lowest BCUT2D eigenvalue weighted by Crippen LogP contribution is -2.13. The van der Waals surface area contributed by atoms with E-state index in [1.54, 1.807) is 0 Å². The van der Waals surface area contributed by atoms with Crippen LogP contribution in [0.4, 0.5) is 13.2 Å². The molecule has 2 rings (SSSR count). The molecular weight excluding hydrogens is 339 g/mol. The lowest BCUT2D eigenvalue weighted by molar-refractivity contribution is -0.147. The summed E-state index contributed by atoms with van der Waals surface area (Å²) >= 11 is 0.954. The second kappa shape index (κ2) is 6.58. The number of alkyl halides is 3. The Hall–Kier alpha value is -1.83. The van der Waals surface area contributed by atoms with Crippen molar-refractivity contribution in [2.45, 2.75) is 39.0 Å². The zero-order valence-electron chi connectivity index (χ0n) is 14.1. The standard InChI is InChI=1S/C16H18F3N3OS/c1-8-6-9(2)13(11(4)10(8)3)12(23)7-24-15-21-20-14(22(15)5)16(17,18)19/h6H,7H2,1-5H3. The fraction of sp³-hybridized carbons (Fsp3) is 0.438. The van der Waals surface area contributed by atoms with Crippen LogP contribution in [0.2, 0.25) is 0 Å². The fourth-order valence-electron chi connectivity index (χ4n) is 2.60. The number of hydrogen-bond acceptors (Lipinski definition) is 4. The summed E-state index contributed by atoms with van der Waals surface area (Å²) in [5.74, 6) is -1.20. The number of thioether (sulfide) groups is 1. The monoisotopic (exact) mass is 357 g/mol. The van der Waals surface area contributed by atoms with Crippen LogP contribution in [0, 0.1) is 27.7 Å². The predicted octanol–water partition coefficient (Wildman–Crippen LogP) is 4.04. The molecule has 0 aliphatic rings. The third kappa shape index (κ3) is 3.48. The second-order valence-corrected chi connectivity index (χ2v) is 6.65. The first-order valence-electron chi connectivity index (χ1n) is 7.24. The van der Waals surface area contributed by atoms with E-state index in [-0.39, 0.29) is 16.7 Å². The Morgan fingerprint density at radius 1 is 1.12 bits per heavy atom. The van der Waals surface area contributed by atoms with Crippen molar-refractivity contribution in [3.05, 3.63) is 39.7 Å². The Labute approximate surface area is 142 Å². The van der Waals surface area contributed by atoms with Crippen molar-refractivity contribution in [1.82, 2.24) is 14.8 Å². The van der Waals surface area contributed by atoms with Gasteiger partial charge in [-0.1, -0.05) is 17.8 Å². The van der Waals surface area contributed by atoms with Gasteiger partial charge in [0, 0.05) is 12.6 Å². The van der Waals surface area contributed by atoms with Gasteiger partial charge in [-0.3, -0.25) is 4.79 Å². The van der Waals surface area contributed by atoms with Gasteiger partial charge in [-0.15, -0.1) is 10.2 Å². The zero-order chi connectivity index (χ0) is 18.2. The minimum atomic E-state index is -4.56. The normalized spacial score (nSPS) is 11.8. The van der Waals surface area contributed by atoms with E-state index < -0.39 is 12.0 Å². The molecular formula is C16H18F3N3OS. The van der Waals surface area contributed by atoms with Gasteiger partial charge in [-0.05, 0) is 49.9 Å². The largest absolute Gasteiger partial charge is 0.451 e. The number of benzene rings is 1. The Kier molecular flexibility index (Phi) is 5.08. The Balaban J connectivity index is 2.21. The summed E-state index contributed by atoms with van der Waals surface area (Å²) in [6.07, 6.45) is -4.56. The van der Waals surface area contributed by atoms with Gasteiger partial charge < -0.3 is 4.57 Å². The van der Waals surface area contributed by atoms with Crippen LogP contribution in [0.1, 0.15) is 38.4 Å². The molecule has 0 unspecified atom stereocenters. The summed E-state index contributed by atoms with van der Waals surface area (Å²) < 4.78 is 39.0. The van der Waals surface area contributed by atoms with E-state index in [1.165, 1.54) is 7.05 Å². The molecule has 0 N–H and O–H groups in total. The highest BCUT2D eigenvalue weighted by atomic mass is 32.2. The van der Waals surface area contributed by atoms with Crippen LogP contribution in [0.25, 0.3) is 0 Å². The topological polar surface area (TPSA) is 47.8 Å². The number of hydrogen-bond donors (Lipinski definition) is 0. The highest BCUT2D eigenvalue weighted by Crippen LogP contribution is 2.30. The molecule has 24 heavy (non-hydrogen) atoms. The smallest absolute Gasteiger partial charge is 0.302 e. The van der Waals surface area contributed by atoms with Crippen LogP contribution in [-0.4, -0.2) is 26.3 Å². The van der Waals surface area contributed by atoms with E-state index in [0.29, 0.717) is 5.56 Å². The van der Waals surface area contributed by atoms with E-state index in [2.05, 4.69) is 10.2 Å². The molecule has 1 aromatic carbocycles. The van der Waals surface area contributed by atoms with Crippen LogP contribution in [-0.2, 0) is 13.2 Å². The first-order valence-corrected chi connectivity index (χ1v) is 8.22. The van der Waals surface area contributed by atoms with Gasteiger partial charge in [-0.2, -0.15) is 13.2 Å². The first kappa shape index (κ1) is 18.5. The third-order valence-electron chi connectivity index (χ3n) is 4.06. The summed E-state index contributed by atoms with van der Waals surface area (Å²) in [4.78, 5) is 12.5.